The van der Waals surface area contributed by atoms with E-state index in [1.54, 1.807) is 0 Å². The molecule has 0 amide bonds. The van der Waals surface area contributed by atoms with Crippen molar-refractivity contribution in [3.8, 4) is 0 Å². The Balaban J connectivity index is 0.00000450. The second-order valence-electron chi connectivity index (χ2n) is 7.62. The van der Waals surface area contributed by atoms with Crippen LogP contribution in [0.15, 0.2) is 29.3 Å². The van der Waals surface area contributed by atoms with Crippen molar-refractivity contribution in [3.05, 3.63) is 35.4 Å². The fourth-order valence-electron chi connectivity index (χ4n) is 3.49. The Kier molecular flexibility index (Phi) is 15.2. The molecule has 1 saturated heterocycles. The third-order valence-corrected chi connectivity index (χ3v) is 5.43. The van der Waals surface area contributed by atoms with Crippen molar-refractivity contribution in [2.75, 3.05) is 53.1 Å². The van der Waals surface area contributed by atoms with Crippen LogP contribution in [0.1, 0.15) is 44.2 Å². The Morgan fingerprint density at radius 3 is 2.60 bits per heavy atom. The molecular weight excluding hydrogens is 491 g/mol. The number of halogens is 1. The number of aliphatic imine (C=N–C) groups is 1. The molecule has 1 aliphatic rings. The molecule has 0 spiro atoms. The van der Waals surface area contributed by atoms with Crippen LogP contribution in [-0.2, 0) is 22.6 Å². The molecule has 0 saturated carbocycles. The van der Waals surface area contributed by atoms with Crippen molar-refractivity contribution in [1.82, 2.24) is 15.5 Å². The largest absolute Gasteiger partial charge is 0.381 e. The first kappa shape index (κ1) is 27.1. The second kappa shape index (κ2) is 16.8. The molecular formula is C23H41IN4O2. The molecule has 30 heavy (non-hydrogen) atoms. The van der Waals surface area contributed by atoms with Gasteiger partial charge in [0.25, 0.3) is 0 Å². The Morgan fingerprint density at radius 2 is 1.90 bits per heavy atom. The lowest BCUT2D eigenvalue weighted by Gasteiger charge is -2.21. The Morgan fingerprint density at radius 1 is 1.17 bits per heavy atom. The number of rotatable bonds is 12. The van der Waals surface area contributed by atoms with Crippen LogP contribution in [0.4, 0.5) is 0 Å². The van der Waals surface area contributed by atoms with Crippen molar-refractivity contribution >= 4 is 29.9 Å². The lowest BCUT2D eigenvalue weighted by atomic mass is 10.0. The molecule has 7 heteroatoms. The summed E-state index contributed by atoms with van der Waals surface area (Å²) in [6.45, 7) is 12.6. The van der Waals surface area contributed by atoms with E-state index in [4.69, 9.17) is 9.47 Å². The quantitative estimate of drug-likeness (QED) is 0.186. The summed E-state index contributed by atoms with van der Waals surface area (Å²) < 4.78 is 11.2. The van der Waals surface area contributed by atoms with Crippen molar-refractivity contribution in [1.29, 1.82) is 0 Å². The molecule has 0 bridgehead atoms. The van der Waals surface area contributed by atoms with Crippen molar-refractivity contribution in [2.24, 2.45) is 10.9 Å². The second-order valence-corrected chi connectivity index (χ2v) is 7.62. The molecule has 1 aromatic rings. The van der Waals surface area contributed by atoms with Crippen LogP contribution >= 0.6 is 24.0 Å². The van der Waals surface area contributed by atoms with Gasteiger partial charge in [0.1, 0.15) is 0 Å². The number of nitrogens with zero attached hydrogens (tertiary/aromatic N) is 2. The molecule has 2 rings (SSSR count). The SMILES string of the molecule is CCN(CC)Cc1cccc(CNC(=NC)NCCCOCC2CCOCC2)c1.I. The Labute approximate surface area is 200 Å². The van der Waals surface area contributed by atoms with Gasteiger partial charge >= 0.3 is 0 Å². The normalized spacial score (nSPS) is 15.1. The molecule has 1 heterocycles. The van der Waals surface area contributed by atoms with Crippen LogP contribution < -0.4 is 10.6 Å². The third-order valence-electron chi connectivity index (χ3n) is 5.43. The summed E-state index contributed by atoms with van der Waals surface area (Å²) in [4.78, 5) is 6.75. The van der Waals surface area contributed by atoms with Gasteiger partial charge in [0.15, 0.2) is 5.96 Å². The summed E-state index contributed by atoms with van der Waals surface area (Å²) in [5.74, 6) is 1.51. The molecule has 2 N–H and O–H groups in total. The van der Waals surface area contributed by atoms with Gasteiger partial charge in [-0.05, 0) is 49.4 Å². The van der Waals surface area contributed by atoms with Gasteiger partial charge in [-0.3, -0.25) is 9.89 Å². The summed E-state index contributed by atoms with van der Waals surface area (Å²) in [6, 6.07) is 8.79. The van der Waals surface area contributed by atoms with Crippen molar-refractivity contribution in [3.63, 3.8) is 0 Å². The van der Waals surface area contributed by atoms with E-state index in [2.05, 4.69) is 58.6 Å². The van der Waals surface area contributed by atoms with Gasteiger partial charge in [0.2, 0.25) is 0 Å². The predicted octanol–water partition coefficient (Wildman–Crippen LogP) is 3.64. The van der Waals surface area contributed by atoms with E-state index in [0.717, 1.165) is 84.4 Å². The van der Waals surface area contributed by atoms with E-state index in [1.165, 1.54) is 11.1 Å². The van der Waals surface area contributed by atoms with Crippen LogP contribution in [0.3, 0.4) is 0 Å². The fraction of sp³-hybridized carbons (Fsp3) is 0.696. The summed E-state index contributed by atoms with van der Waals surface area (Å²) in [5, 5.41) is 6.78. The van der Waals surface area contributed by atoms with E-state index >= 15 is 0 Å². The smallest absolute Gasteiger partial charge is 0.191 e. The van der Waals surface area contributed by atoms with E-state index < -0.39 is 0 Å². The average Bonchev–Trinajstić information content (AvgIpc) is 2.77. The number of hydrogen-bond acceptors (Lipinski definition) is 4. The maximum absolute atomic E-state index is 5.82. The monoisotopic (exact) mass is 532 g/mol. The Bertz CT molecular complexity index is 590. The van der Waals surface area contributed by atoms with E-state index in [0.29, 0.717) is 5.92 Å². The molecule has 0 aromatic heterocycles. The molecule has 1 aliphatic heterocycles. The zero-order chi connectivity index (χ0) is 20.7. The van der Waals surface area contributed by atoms with Crippen LogP contribution in [-0.4, -0.2) is 64.0 Å². The van der Waals surface area contributed by atoms with Gasteiger partial charge in [0.05, 0.1) is 0 Å². The van der Waals surface area contributed by atoms with Gasteiger partial charge in [-0.15, -0.1) is 24.0 Å². The predicted molar refractivity (Wildman–Crippen MR) is 136 cm³/mol. The van der Waals surface area contributed by atoms with Crippen molar-refractivity contribution < 1.29 is 9.47 Å². The van der Waals surface area contributed by atoms with Crippen LogP contribution in [0.2, 0.25) is 0 Å². The number of guanidine groups is 1. The highest BCUT2D eigenvalue weighted by atomic mass is 127. The minimum absolute atomic E-state index is 0. The topological polar surface area (TPSA) is 58.1 Å². The molecule has 6 nitrogen and oxygen atoms in total. The first-order chi connectivity index (χ1) is 14.2. The average molecular weight is 533 g/mol. The molecule has 0 atom stereocenters. The maximum atomic E-state index is 5.82. The van der Waals surface area contributed by atoms with E-state index in [9.17, 15) is 0 Å². The van der Waals surface area contributed by atoms with Gasteiger partial charge in [0, 0.05) is 53.1 Å². The van der Waals surface area contributed by atoms with Gasteiger partial charge < -0.3 is 20.1 Å². The van der Waals surface area contributed by atoms with Gasteiger partial charge in [-0.1, -0.05) is 38.1 Å². The molecule has 1 fully saturated rings. The molecule has 0 radical (unpaired) electrons. The first-order valence-corrected chi connectivity index (χ1v) is 11.1. The minimum atomic E-state index is 0. The maximum Gasteiger partial charge on any atom is 0.191 e. The van der Waals surface area contributed by atoms with E-state index in [1.807, 2.05) is 7.05 Å². The summed E-state index contributed by atoms with van der Waals surface area (Å²) in [5.41, 5.74) is 2.63. The number of ether oxygens (including phenoxy) is 2. The third kappa shape index (κ3) is 10.9. The first-order valence-electron chi connectivity index (χ1n) is 11.1. The highest BCUT2D eigenvalue weighted by Gasteiger charge is 2.13. The summed E-state index contributed by atoms with van der Waals surface area (Å²) in [7, 11) is 1.81. The zero-order valence-electron chi connectivity index (χ0n) is 19.0. The van der Waals surface area contributed by atoms with Crippen molar-refractivity contribution in [2.45, 2.75) is 46.2 Å². The van der Waals surface area contributed by atoms with Crippen LogP contribution in [0.25, 0.3) is 0 Å². The lowest BCUT2D eigenvalue weighted by Crippen LogP contribution is -2.37. The standard InChI is InChI=1S/C23H40N4O2.HI/c1-4-27(5-2)18-22-9-6-8-21(16-22)17-26-23(24-3)25-12-7-13-29-19-20-10-14-28-15-11-20;/h6,8-9,16,20H,4-5,7,10-15,17-19H2,1-3H3,(H2,24,25,26);1H. The molecule has 0 aliphatic carbocycles. The van der Waals surface area contributed by atoms with Crippen LogP contribution in [0.5, 0.6) is 0 Å². The van der Waals surface area contributed by atoms with Gasteiger partial charge in [-0.25, -0.2) is 0 Å². The fourth-order valence-corrected chi connectivity index (χ4v) is 3.49. The zero-order valence-corrected chi connectivity index (χ0v) is 21.3. The number of benzene rings is 1. The Hall–Kier alpha value is -0.900. The van der Waals surface area contributed by atoms with Crippen LogP contribution in [0, 0.1) is 5.92 Å². The summed E-state index contributed by atoms with van der Waals surface area (Å²) in [6.07, 6.45) is 3.24. The highest BCUT2D eigenvalue weighted by Crippen LogP contribution is 2.14. The minimum Gasteiger partial charge on any atom is -0.381 e. The number of hydrogen-bond donors (Lipinski definition) is 2. The highest BCUT2D eigenvalue weighted by molar-refractivity contribution is 14.0. The molecule has 0 unspecified atom stereocenters. The number of nitrogens with one attached hydrogen (secondary N) is 2. The van der Waals surface area contributed by atoms with E-state index in [-0.39, 0.29) is 24.0 Å². The van der Waals surface area contributed by atoms with Gasteiger partial charge in [-0.2, -0.15) is 0 Å². The molecule has 1 aromatic carbocycles. The lowest BCUT2D eigenvalue weighted by molar-refractivity contribution is 0.0203. The molecule has 172 valence electrons. The summed E-state index contributed by atoms with van der Waals surface area (Å²) >= 11 is 0.